The Labute approximate surface area is 149 Å². The predicted octanol–water partition coefficient (Wildman–Crippen LogP) is 4.79. The van der Waals surface area contributed by atoms with Gasteiger partial charge in [-0.05, 0) is 80.2 Å². The van der Waals surface area contributed by atoms with Gasteiger partial charge >= 0.3 is 0 Å². The van der Waals surface area contributed by atoms with Gasteiger partial charge in [-0.3, -0.25) is 4.90 Å². The highest BCUT2D eigenvalue weighted by Gasteiger charge is 2.19. The number of aryl methyl sites for hydroxylation is 1. The summed E-state index contributed by atoms with van der Waals surface area (Å²) in [7, 11) is 0. The lowest BCUT2D eigenvalue weighted by atomic mass is 9.98. The van der Waals surface area contributed by atoms with Crippen LogP contribution in [0.4, 0.5) is 0 Å². The van der Waals surface area contributed by atoms with Crippen molar-refractivity contribution in [3.05, 3.63) is 59.3 Å². The number of aliphatic hydroxyl groups excluding tert-OH is 1. The molecule has 0 amide bonds. The van der Waals surface area contributed by atoms with Gasteiger partial charge in [0.05, 0.1) is 6.61 Å². The van der Waals surface area contributed by atoms with Crippen LogP contribution in [0, 0.1) is 6.92 Å². The van der Waals surface area contributed by atoms with Crippen molar-refractivity contribution < 1.29 is 5.11 Å². The average molecular weight is 334 g/mol. The van der Waals surface area contributed by atoms with Crippen LogP contribution in [-0.4, -0.2) is 28.1 Å². The van der Waals surface area contributed by atoms with Gasteiger partial charge in [0.2, 0.25) is 0 Å². The van der Waals surface area contributed by atoms with E-state index in [1.54, 1.807) is 0 Å². The molecule has 1 atom stereocenters. The molecule has 0 unspecified atom stereocenters. The summed E-state index contributed by atoms with van der Waals surface area (Å²) in [5, 5.41) is 10.7. The lowest BCUT2D eigenvalue weighted by molar-refractivity contribution is 0.263. The van der Waals surface area contributed by atoms with Crippen LogP contribution < -0.4 is 0 Å². The quantitative estimate of drug-likeness (QED) is 0.720. The number of fused-ring (bicyclic) bond motifs is 1. The van der Waals surface area contributed by atoms with Gasteiger partial charge in [0.1, 0.15) is 0 Å². The van der Waals surface area contributed by atoms with Crippen molar-refractivity contribution >= 4 is 10.9 Å². The first-order chi connectivity index (χ1) is 12.2. The van der Waals surface area contributed by atoms with Gasteiger partial charge in [-0.2, -0.15) is 0 Å². The summed E-state index contributed by atoms with van der Waals surface area (Å²) >= 11 is 0. The summed E-state index contributed by atoms with van der Waals surface area (Å²) in [6.07, 6.45) is 2.64. The molecule has 1 aliphatic rings. The van der Waals surface area contributed by atoms with Gasteiger partial charge in [-0.15, -0.1) is 0 Å². The predicted molar refractivity (Wildman–Crippen MR) is 104 cm³/mol. The van der Waals surface area contributed by atoms with Gasteiger partial charge in [-0.25, -0.2) is 0 Å². The minimum atomic E-state index is 0.0542. The van der Waals surface area contributed by atoms with E-state index in [0.29, 0.717) is 6.04 Å². The van der Waals surface area contributed by atoms with E-state index in [-0.39, 0.29) is 6.61 Å². The lowest BCUT2D eigenvalue weighted by Gasteiger charge is -2.24. The van der Waals surface area contributed by atoms with Crippen molar-refractivity contribution in [2.45, 2.75) is 39.3 Å². The summed E-state index contributed by atoms with van der Waals surface area (Å²) in [6, 6.07) is 15.9. The Hall–Kier alpha value is -2.10. The molecule has 130 valence electrons. The Morgan fingerprint density at radius 2 is 1.84 bits per heavy atom. The third-order valence-electron chi connectivity index (χ3n) is 5.71. The Morgan fingerprint density at radius 1 is 1.08 bits per heavy atom. The maximum atomic E-state index is 9.47. The largest absolute Gasteiger partial charge is 0.390 e. The molecule has 1 fully saturated rings. The molecule has 0 bridgehead atoms. The van der Waals surface area contributed by atoms with Crippen molar-refractivity contribution in [2.75, 3.05) is 13.1 Å². The summed E-state index contributed by atoms with van der Waals surface area (Å²) in [5.74, 6) is 0. The first kappa shape index (κ1) is 16.4. The molecule has 1 aliphatic heterocycles. The van der Waals surface area contributed by atoms with Crippen molar-refractivity contribution in [1.82, 2.24) is 9.88 Å². The zero-order valence-corrected chi connectivity index (χ0v) is 15.0. The number of aliphatic hydroxyl groups is 1. The first-order valence-corrected chi connectivity index (χ1v) is 9.24. The fourth-order valence-corrected chi connectivity index (χ4v) is 4.04. The van der Waals surface area contributed by atoms with E-state index >= 15 is 0 Å². The number of aromatic nitrogens is 1. The number of rotatable bonds is 4. The molecule has 2 heterocycles. The highest BCUT2D eigenvalue weighted by atomic mass is 16.3. The highest BCUT2D eigenvalue weighted by Crippen LogP contribution is 2.31. The molecule has 2 aromatic carbocycles. The molecular weight excluding hydrogens is 308 g/mol. The molecule has 0 saturated carbocycles. The number of likely N-dealkylation sites (tertiary alicyclic amines) is 1. The van der Waals surface area contributed by atoms with Crippen molar-refractivity contribution in [2.24, 2.45) is 0 Å². The van der Waals surface area contributed by atoms with Gasteiger partial charge < -0.3 is 10.1 Å². The van der Waals surface area contributed by atoms with Crippen LogP contribution in [-0.2, 0) is 6.61 Å². The molecule has 1 saturated heterocycles. The number of aromatic amines is 1. The summed E-state index contributed by atoms with van der Waals surface area (Å²) in [5.41, 5.74) is 7.02. The second kappa shape index (κ2) is 6.66. The van der Waals surface area contributed by atoms with Gasteiger partial charge in [0, 0.05) is 22.6 Å². The van der Waals surface area contributed by atoms with Gasteiger partial charge in [0.15, 0.2) is 0 Å². The van der Waals surface area contributed by atoms with E-state index in [2.05, 4.69) is 66.2 Å². The van der Waals surface area contributed by atoms with Crippen LogP contribution in [0.15, 0.2) is 42.5 Å². The monoisotopic (exact) mass is 334 g/mol. The van der Waals surface area contributed by atoms with Crippen molar-refractivity contribution in [3.63, 3.8) is 0 Å². The summed E-state index contributed by atoms with van der Waals surface area (Å²) < 4.78 is 0. The molecule has 1 aromatic heterocycles. The third kappa shape index (κ3) is 2.99. The Morgan fingerprint density at radius 3 is 2.60 bits per heavy atom. The number of H-pyrrole nitrogens is 1. The van der Waals surface area contributed by atoms with E-state index < -0.39 is 0 Å². The number of nitrogens with one attached hydrogen (secondary N) is 1. The Kier molecular flexibility index (Phi) is 4.36. The normalized spacial score (nSPS) is 16.6. The topological polar surface area (TPSA) is 39.3 Å². The zero-order valence-electron chi connectivity index (χ0n) is 15.0. The molecular formula is C22H26N2O. The number of benzene rings is 2. The summed E-state index contributed by atoms with van der Waals surface area (Å²) in [4.78, 5) is 5.88. The number of hydrogen-bond acceptors (Lipinski definition) is 2. The van der Waals surface area contributed by atoms with Crippen LogP contribution >= 0.6 is 0 Å². The highest BCUT2D eigenvalue weighted by molar-refractivity contribution is 5.89. The van der Waals surface area contributed by atoms with Crippen LogP contribution in [0.2, 0.25) is 0 Å². The maximum absolute atomic E-state index is 9.47. The first-order valence-electron chi connectivity index (χ1n) is 9.24. The second-order valence-electron chi connectivity index (χ2n) is 7.19. The van der Waals surface area contributed by atoms with Crippen molar-refractivity contribution in [1.29, 1.82) is 0 Å². The number of nitrogens with zero attached hydrogens (tertiary/aromatic N) is 1. The van der Waals surface area contributed by atoms with E-state index in [9.17, 15) is 5.11 Å². The number of hydrogen-bond donors (Lipinski definition) is 2. The van der Waals surface area contributed by atoms with Crippen LogP contribution in [0.5, 0.6) is 0 Å². The van der Waals surface area contributed by atoms with E-state index in [1.165, 1.54) is 48.0 Å². The fourth-order valence-electron chi connectivity index (χ4n) is 4.04. The van der Waals surface area contributed by atoms with Crippen LogP contribution in [0.1, 0.15) is 42.6 Å². The molecule has 3 aromatic rings. The molecule has 4 rings (SSSR count). The second-order valence-corrected chi connectivity index (χ2v) is 7.19. The Balaban J connectivity index is 1.70. The molecule has 0 aliphatic carbocycles. The van der Waals surface area contributed by atoms with Crippen LogP contribution in [0.25, 0.3) is 22.0 Å². The molecule has 3 heteroatoms. The minimum Gasteiger partial charge on any atom is -0.390 e. The standard InChI is InChI=1S/C22H26N2O/c1-15-20-13-19(8-9-21(20)23-22(15)14-25)18-7-5-6-17(12-18)16(2)24-10-3-4-11-24/h5-9,12-13,16,23,25H,3-4,10-11,14H2,1-2H3/t16-/m0/s1. The Bertz CT molecular complexity index is 890. The zero-order chi connectivity index (χ0) is 17.4. The minimum absolute atomic E-state index is 0.0542. The van der Waals surface area contributed by atoms with Gasteiger partial charge in [0.25, 0.3) is 0 Å². The average Bonchev–Trinajstić information content (AvgIpc) is 3.29. The van der Waals surface area contributed by atoms with Crippen LogP contribution in [0.3, 0.4) is 0 Å². The smallest absolute Gasteiger partial charge is 0.0833 e. The van der Waals surface area contributed by atoms with Gasteiger partial charge in [-0.1, -0.05) is 24.3 Å². The summed E-state index contributed by atoms with van der Waals surface area (Å²) in [6.45, 7) is 6.86. The molecule has 3 nitrogen and oxygen atoms in total. The molecule has 25 heavy (non-hydrogen) atoms. The lowest BCUT2D eigenvalue weighted by Crippen LogP contribution is -2.23. The fraction of sp³-hybridized carbons (Fsp3) is 0.364. The maximum Gasteiger partial charge on any atom is 0.0833 e. The van der Waals surface area contributed by atoms with E-state index in [4.69, 9.17) is 0 Å². The molecule has 2 N–H and O–H groups in total. The van der Waals surface area contributed by atoms with E-state index in [1.807, 2.05) is 0 Å². The third-order valence-corrected chi connectivity index (χ3v) is 5.71. The molecule has 0 spiro atoms. The van der Waals surface area contributed by atoms with Crippen molar-refractivity contribution in [3.8, 4) is 11.1 Å². The molecule has 0 radical (unpaired) electrons. The SMILES string of the molecule is Cc1c(CO)[nH]c2ccc(-c3cccc([C@H](C)N4CCCC4)c3)cc12. The van der Waals surface area contributed by atoms with E-state index in [0.717, 1.165) is 16.8 Å².